The molecular formula is C24H28F3N7O4S. The lowest BCUT2D eigenvalue weighted by Gasteiger charge is -2.34. The van der Waals surface area contributed by atoms with Crippen molar-refractivity contribution in [3.05, 3.63) is 37.7 Å². The minimum atomic E-state index is -4.65. The van der Waals surface area contributed by atoms with Gasteiger partial charge in [0.05, 0.1) is 18.8 Å². The number of ether oxygens (including phenoxy) is 1. The predicted octanol–water partition coefficient (Wildman–Crippen LogP) is 0.575. The molecule has 2 aromatic rings. The molecule has 0 spiro atoms. The minimum Gasteiger partial charge on any atom is -0.373 e. The third kappa shape index (κ3) is 8.37. The number of carbonyl (C=O) groups excluding carboxylic acids is 2. The van der Waals surface area contributed by atoms with E-state index in [1.807, 2.05) is 18.7 Å². The predicted molar refractivity (Wildman–Crippen MR) is 139 cm³/mol. The van der Waals surface area contributed by atoms with E-state index in [0.717, 1.165) is 15.9 Å². The summed E-state index contributed by atoms with van der Waals surface area (Å²) >= 11 is 0.776. The number of pyridine rings is 1. The van der Waals surface area contributed by atoms with Crippen LogP contribution in [-0.4, -0.2) is 70.8 Å². The number of aromatic nitrogens is 2. The molecule has 0 bridgehead atoms. The van der Waals surface area contributed by atoms with Crippen molar-refractivity contribution in [1.82, 2.24) is 19.8 Å². The Morgan fingerprint density at radius 2 is 1.92 bits per heavy atom. The number of amides is 2. The van der Waals surface area contributed by atoms with Gasteiger partial charge in [-0.3, -0.25) is 23.9 Å². The number of nitriles is 1. The van der Waals surface area contributed by atoms with Gasteiger partial charge in [-0.25, -0.2) is 4.98 Å². The molecule has 11 nitrogen and oxygen atoms in total. The summed E-state index contributed by atoms with van der Waals surface area (Å²) in [4.78, 5) is 43.9. The van der Waals surface area contributed by atoms with Gasteiger partial charge in [0.2, 0.25) is 5.91 Å². The van der Waals surface area contributed by atoms with Crippen LogP contribution in [0.4, 0.5) is 24.8 Å². The first-order valence-electron chi connectivity index (χ1n) is 12.0. The first kappa shape index (κ1) is 29.8. The Hall–Kier alpha value is -3.74. The molecular weight excluding hydrogens is 539 g/mol. The van der Waals surface area contributed by atoms with Crippen LogP contribution < -0.4 is 30.7 Å². The second-order valence-electron chi connectivity index (χ2n) is 8.80. The topological polar surface area (TPSA) is 141 Å². The molecule has 15 heteroatoms. The van der Waals surface area contributed by atoms with E-state index >= 15 is 0 Å². The number of nitrogens with one attached hydrogen (secondary N) is 3. The van der Waals surface area contributed by atoms with Crippen molar-refractivity contribution >= 4 is 46.6 Å². The molecule has 1 aliphatic heterocycles. The van der Waals surface area contributed by atoms with Gasteiger partial charge in [-0.1, -0.05) is 6.07 Å². The highest BCUT2D eigenvalue weighted by molar-refractivity contribution is 7.07. The standard InChI is InChI=1S/C24H28F3N7O4S/c1-4-34-22(37)17(39-23(34)16(8-28)21(36)30-13-24(25,26)27)9-29-18-6-5-7-19(31-18)32-20(35)12-33-10-14(2)38-15(3)11-33/h5-7,9,14-15H,4,10-13H2,1-3H3,(H,30,36)(H2,29,31,32,35). The van der Waals surface area contributed by atoms with Crippen molar-refractivity contribution in [1.29, 1.82) is 5.26 Å². The normalized spacial score (nSPS) is 19.3. The average molecular weight is 568 g/mol. The first-order valence-corrected chi connectivity index (χ1v) is 12.8. The van der Waals surface area contributed by atoms with Gasteiger partial charge in [0.1, 0.15) is 33.4 Å². The van der Waals surface area contributed by atoms with Crippen LogP contribution in [0.15, 0.2) is 23.0 Å². The monoisotopic (exact) mass is 567 g/mol. The Morgan fingerprint density at radius 3 is 2.54 bits per heavy atom. The van der Waals surface area contributed by atoms with Gasteiger partial charge in [-0.15, -0.1) is 11.3 Å². The molecule has 3 N–H and O–H groups in total. The second-order valence-corrected chi connectivity index (χ2v) is 9.83. The van der Waals surface area contributed by atoms with Crippen molar-refractivity contribution in [2.45, 2.75) is 45.7 Å². The molecule has 1 saturated heterocycles. The maximum Gasteiger partial charge on any atom is 0.405 e. The van der Waals surface area contributed by atoms with Gasteiger partial charge in [-0.05, 0) is 32.9 Å². The van der Waals surface area contributed by atoms with Crippen LogP contribution >= 0.6 is 11.3 Å². The summed E-state index contributed by atoms with van der Waals surface area (Å²) in [6, 6.07) is 6.45. The number of carbonyl (C=O) groups is 2. The molecule has 2 atom stereocenters. The molecule has 1 aliphatic rings. The van der Waals surface area contributed by atoms with E-state index in [1.165, 1.54) is 6.20 Å². The van der Waals surface area contributed by atoms with E-state index in [2.05, 4.69) is 15.6 Å². The number of alkyl halides is 3. The number of thiazole rings is 1. The van der Waals surface area contributed by atoms with Crippen LogP contribution in [0.25, 0.3) is 11.8 Å². The zero-order valence-corrected chi connectivity index (χ0v) is 22.3. The van der Waals surface area contributed by atoms with E-state index in [1.54, 1.807) is 36.5 Å². The third-order valence-electron chi connectivity index (χ3n) is 5.46. The summed E-state index contributed by atoms with van der Waals surface area (Å²) in [5.74, 6) is -0.899. The highest BCUT2D eigenvalue weighted by Crippen LogP contribution is 2.13. The molecule has 1 fully saturated rings. The summed E-state index contributed by atoms with van der Waals surface area (Å²) in [7, 11) is 0. The van der Waals surface area contributed by atoms with Gasteiger partial charge in [0, 0.05) is 25.8 Å². The number of hydrogen-bond donors (Lipinski definition) is 3. The van der Waals surface area contributed by atoms with Crippen LogP contribution in [0, 0.1) is 11.3 Å². The van der Waals surface area contributed by atoms with Crippen LogP contribution in [0.1, 0.15) is 20.8 Å². The SMILES string of the molecule is CCn1c(=C(C#N)C(=O)NCC(F)(F)F)sc(=CNc2cccc(NC(=O)CN3CC(C)OC(C)C3)n2)c1=O. The summed E-state index contributed by atoms with van der Waals surface area (Å²) in [5, 5.41) is 16.7. The van der Waals surface area contributed by atoms with Gasteiger partial charge in [0.15, 0.2) is 5.57 Å². The molecule has 210 valence electrons. The molecule has 0 aromatic carbocycles. The lowest BCUT2D eigenvalue weighted by atomic mass is 10.2. The van der Waals surface area contributed by atoms with Crippen LogP contribution in [-0.2, 0) is 20.9 Å². The average Bonchev–Trinajstić information content (AvgIpc) is 3.15. The number of hydrogen-bond acceptors (Lipinski definition) is 9. The fourth-order valence-electron chi connectivity index (χ4n) is 3.98. The Morgan fingerprint density at radius 1 is 1.26 bits per heavy atom. The van der Waals surface area contributed by atoms with Crippen LogP contribution in [0.5, 0.6) is 0 Å². The molecule has 0 radical (unpaired) electrons. The lowest BCUT2D eigenvalue weighted by molar-refractivity contribution is -0.135. The molecule has 2 unspecified atom stereocenters. The Labute approximate surface area is 225 Å². The van der Waals surface area contributed by atoms with E-state index < -0.39 is 29.8 Å². The summed E-state index contributed by atoms with van der Waals surface area (Å²) in [5.41, 5.74) is -1.14. The molecule has 3 rings (SSSR count). The first-order chi connectivity index (χ1) is 18.4. The highest BCUT2D eigenvalue weighted by Gasteiger charge is 2.29. The Kier molecular flexibility index (Phi) is 9.84. The number of nitrogens with zero attached hydrogens (tertiary/aromatic N) is 4. The van der Waals surface area contributed by atoms with Crippen molar-refractivity contribution in [2.24, 2.45) is 0 Å². The Balaban J connectivity index is 1.78. The summed E-state index contributed by atoms with van der Waals surface area (Å²) < 4.78 is 44.3. The van der Waals surface area contributed by atoms with E-state index in [-0.39, 0.29) is 46.2 Å². The molecule has 2 amide bonds. The minimum absolute atomic E-state index is 0.0221. The Bertz CT molecular complexity index is 1420. The fourth-order valence-corrected chi connectivity index (χ4v) is 5.07. The van der Waals surface area contributed by atoms with Gasteiger partial charge in [0.25, 0.3) is 11.5 Å². The van der Waals surface area contributed by atoms with E-state index in [0.29, 0.717) is 18.9 Å². The van der Waals surface area contributed by atoms with Gasteiger partial charge in [-0.2, -0.15) is 18.4 Å². The number of morpholine rings is 1. The third-order valence-corrected chi connectivity index (χ3v) is 6.59. The zero-order chi connectivity index (χ0) is 28.7. The summed E-state index contributed by atoms with van der Waals surface area (Å²) in [6.07, 6.45) is -3.29. The molecule has 39 heavy (non-hydrogen) atoms. The van der Waals surface area contributed by atoms with Crippen LogP contribution in [0.3, 0.4) is 0 Å². The van der Waals surface area contributed by atoms with Crippen molar-refractivity contribution < 1.29 is 27.5 Å². The maximum atomic E-state index is 12.8. The number of anilines is 2. The highest BCUT2D eigenvalue weighted by atomic mass is 32.1. The summed E-state index contributed by atoms with van der Waals surface area (Å²) in [6.45, 7) is 5.40. The molecule has 3 heterocycles. The van der Waals surface area contributed by atoms with Gasteiger partial charge < -0.3 is 20.7 Å². The number of halogens is 3. The molecule has 0 aliphatic carbocycles. The molecule has 2 aromatic heterocycles. The maximum absolute atomic E-state index is 12.8. The zero-order valence-electron chi connectivity index (χ0n) is 21.5. The number of rotatable bonds is 8. The largest absolute Gasteiger partial charge is 0.405 e. The fraction of sp³-hybridized carbons (Fsp3) is 0.458. The quantitative estimate of drug-likeness (QED) is 0.421. The lowest BCUT2D eigenvalue weighted by Crippen LogP contribution is -2.48. The van der Waals surface area contributed by atoms with Crippen molar-refractivity contribution in [3.8, 4) is 6.07 Å². The van der Waals surface area contributed by atoms with Crippen molar-refractivity contribution in [3.63, 3.8) is 0 Å². The van der Waals surface area contributed by atoms with Gasteiger partial charge >= 0.3 is 6.18 Å². The molecule has 0 saturated carbocycles. The van der Waals surface area contributed by atoms with Crippen LogP contribution in [0.2, 0.25) is 0 Å². The van der Waals surface area contributed by atoms with E-state index in [4.69, 9.17) is 4.74 Å². The van der Waals surface area contributed by atoms with E-state index in [9.17, 15) is 32.8 Å². The smallest absolute Gasteiger partial charge is 0.373 e. The van der Waals surface area contributed by atoms with Crippen molar-refractivity contribution in [2.75, 3.05) is 36.8 Å². The second kappa shape index (κ2) is 12.9.